The summed E-state index contributed by atoms with van der Waals surface area (Å²) in [4.78, 5) is 12.5. The molecule has 2 aromatic rings. The molecule has 3 rings (SSSR count). The van der Waals surface area contributed by atoms with Crippen molar-refractivity contribution in [1.29, 1.82) is 0 Å². The molecule has 0 unspecified atom stereocenters. The molecule has 0 bridgehead atoms. The smallest absolute Gasteiger partial charge is 0.265 e. The standard InChI is InChI=1S/C20H22ClNO4/c1-4-24-19-10-14-9-12(2)25-18(14)11-17(19)22-20(23)13(3)26-16-7-5-15(21)6-8-16/h5-8,10-13H,4,9H2,1-3H3,(H,22,23)/t12-,13+/m1/s1. The summed E-state index contributed by atoms with van der Waals surface area (Å²) in [6.07, 6.45) is 0.274. The van der Waals surface area contributed by atoms with Crippen LogP contribution in [0.3, 0.4) is 0 Å². The Morgan fingerprint density at radius 2 is 2.08 bits per heavy atom. The number of rotatable bonds is 6. The summed E-state index contributed by atoms with van der Waals surface area (Å²) in [5, 5.41) is 3.49. The van der Waals surface area contributed by atoms with E-state index < -0.39 is 6.10 Å². The van der Waals surface area contributed by atoms with Gasteiger partial charge in [0.2, 0.25) is 0 Å². The lowest BCUT2D eigenvalue weighted by molar-refractivity contribution is -0.122. The van der Waals surface area contributed by atoms with Gasteiger partial charge in [0.05, 0.1) is 12.3 Å². The topological polar surface area (TPSA) is 56.8 Å². The molecule has 0 saturated carbocycles. The lowest BCUT2D eigenvalue weighted by Gasteiger charge is -2.17. The molecule has 6 heteroatoms. The van der Waals surface area contributed by atoms with Crippen LogP contribution < -0.4 is 19.5 Å². The molecule has 1 aliphatic heterocycles. The quantitative estimate of drug-likeness (QED) is 0.809. The predicted octanol–water partition coefficient (Wildman–Crippen LogP) is 4.47. The first-order chi connectivity index (χ1) is 12.5. The van der Waals surface area contributed by atoms with Gasteiger partial charge in [-0.05, 0) is 51.1 Å². The highest BCUT2D eigenvalue weighted by Gasteiger charge is 2.24. The number of fused-ring (bicyclic) bond motifs is 1. The zero-order valence-corrected chi connectivity index (χ0v) is 15.8. The van der Waals surface area contributed by atoms with Crippen LogP contribution in [0.25, 0.3) is 0 Å². The summed E-state index contributed by atoms with van der Waals surface area (Å²) in [5.74, 6) is 1.72. The minimum atomic E-state index is -0.682. The average molecular weight is 376 g/mol. The largest absolute Gasteiger partial charge is 0.492 e. The second-order valence-electron chi connectivity index (χ2n) is 6.22. The monoisotopic (exact) mass is 375 g/mol. The second-order valence-corrected chi connectivity index (χ2v) is 6.66. The number of carbonyl (C=O) groups is 1. The molecule has 26 heavy (non-hydrogen) atoms. The summed E-state index contributed by atoms with van der Waals surface area (Å²) < 4.78 is 17.1. The molecule has 0 aliphatic carbocycles. The number of hydrogen-bond acceptors (Lipinski definition) is 4. The Labute approximate surface area is 158 Å². The number of nitrogens with one attached hydrogen (secondary N) is 1. The van der Waals surface area contributed by atoms with E-state index in [1.807, 2.05) is 26.0 Å². The Hall–Kier alpha value is -2.40. The molecule has 0 saturated heterocycles. The highest BCUT2D eigenvalue weighted by Crippen LogP contribution is 2.38. The molecule has 1 amide bonds. The van der Waals surface area contributed by atoms with Gasteiger partial charge in [-0.15, -0.1) is 0 Å². The maximum absolute atomic E-state index is 12.5. The van der Waals surface area contributed by atoms with E-state index in [-0.39, 0.29) is 12.0 Å². The van der Waals surface area contributed by atoms with Gasteiger partial charge in [0.15, 0.2) is 6.10 Å². The first-order valence-electron chi connectivity index (χ1n) is 8.65. The normalized spacial score (nSPS) is 16.4. The summed E-state index contributed by atoms with van der Waals surface area (Å²) in [7, 11) is 0. The van der Waals surface area contributed by atoms with Crippen LogP contribution in [0.4, 0.5) is 5.69 Å². The molecule has 1 heterocycles. The number of ether oxygens (including phenoxy) is 3. The molecule has 0 radical (unpaired) electrons. The van der Waals surface area contributed by atoms with E-state index >= 15 is 0 Å². The van der Waals surface area contributed by atoms with Crippen molar-refractivity contribution in [2.75, 3.05) is 11.9 Å². The molecule has 0 spiro atoms. The maximum Gasteiger partial charge on any atom is 0.265 e. The number of amides is 1. The van der Waals surface area contributed by atoms with Crippen molar-refractivity contribution < 1.29 is 19.0 Å². The molecular weight excluding hydrogens is 354 g/mol. The minimum Gasteiger partial charge on any atom is -0.492 e. The summed E-state index contributed by atoms with van der Waals surface area (Å²) in [6.45, 7) is 6.12. The van der Waals surface area contributed by atoms with Gasteiger partial charge in [-0.2, -0.15) is 0 Å². The Morgan fingerprint density at radius 1 is 1.35 bits per heavy atom. The Kier molecular flexibility index (Phi) is 5.57. The first kappa shape index (κ1) is 18.4. The molecule has 2 atom stereocenters. The van der Waals surface area contributed by atoms with Crippen LogP contribution in [0.1, 0.15) is 26.3 Å². The van der Waals surface area contributed by atoms with Gasteiger partial charge in [0.25, 0.3) is 5.91 Å². The van der Waals surface area contributed by atoms with Crippen molar-refractivity contribution in [3.8, 4) is 17.2 Å². The zero-order valence-electron chi connectivity index (χ0n) is 15.0. The Balaban J connectivity index is 1.73. The van der Waals surface area contributed by atoms with Crippen molar-refractivity contribution in [1.82, 2.24) is 0 Å². The molecule has 0 fully saturated rings. The van der Waals surface area contributed by atoms with Crippen LogP contribution in [0.15, 0.2) is 36.4 Å². The SMILES string of the molecule is CCOc1cc2c(cc1NC(=O)[C@H](C)Oc1ccc(Cl)cc1)O[C@H](C)C2. The van der Waals surface area contributed by atoms with Gasteiger partial charge < -0.3 is 19.5 Å². The van der Waals surface area contributed by atoms with Gasteiger partial charge in [-0.25, -0.2) is 0 Å². The van der Waals surface area contributed by atoms with Crippen molar-refractivity contribution in [2.45, 2.75) is 39.4 Å². The fourth-order valence-corrected chi connectivity index (χ4v) is 2.94. The number of hydrogen-bond donors (Lipinski definition) is 1. The number of benzene rings is 2. The lowest BCUT2D eigenvalue weighted by atomic mass is 10.1. The summed E-state index contributed by atoms with van der Waals surface area (Å²) >= 11 is 5.86. The predicted molar refractivity (Wildman–Crippen MR) is 102 cm³/mol. The van der Waals surface area contributed by atoms with Crippen molar-refractivity contribution in [3.63, 3.8) is 0 Å². The van der Waals surface area contributed by atoms with Crippen molar-refractivity contribution in [2.24, 2.45) is 0 Å². The van der Waals surface area contributed by atoms with E-state index in [0.717, 1.165) is 17.7 Å². The number of halogens is 1. The van der Waals surface area contributed by atoms with Gasteiger partial charge in [-0.1, -0.05) is 11.6 Å². The maximum atomic E-state index is 12.5. The highest BCUT2D eigenvalue weighted by atomic mass is 35.5. The third-order valence-corrected chi connectivity index (χ3v) is 4.30. The van der Waals surface area contributed by atoms with Crippen LogP contribution >= 0.6 is 11.6 Å². The van der Waals surface area contributed by atoms with E-state index in [9.17, 15) is 4.79 Å². The lowest BCUT2D eigenvalue weighted by Crippen LogP contribution is -2.30. The second kappa shape index (κ2) is 7.87. The fraction of sp³-hybridized carbons (Fsp3) is 0.350. The molecule has 5 nitrogen and oxygen atoms in total. The number of anilines is 1. The third-order valence-electron chi connectivity index (χ3n) is 4.05. The van der Waals surface area contributed by atoms with Gasteiger partial charge in [-0.3, -0.25) is 4.79 Å². The summed E-state index contributed by atoms with van der Waals surface area (Å²) in [5.41, 5.74) is 1.67. The van der Waals surface area contributed by atoms with Gasteiger partial charge >= 0.3 is 0 Å². The molecule has 0 aromatic heterocycles. The van der Waals surface area contributed by atoms with Crippen LogP contribution in [0, 0.1) is 0 Å². The van der Waals surface area contributed by atoms with Gasteiger partial charge in [0.1, 0.15) is 23.4 Å². The van der Waals surface area contributed by atoms with Crippen LogP contribution in [-0.4, -0.2) is 24.7 Å². The average Bonchev–Trinajstić information content (AvgIpc) is 2.96. The Bertz CT molecular complexity index is 791. The Morgan fingerprint density at radius 3 is 2.77 bits per heavy atom. The molecular formula is C20H22ClNO4. The highest BCUT2D eigenvalue weighted by molar-refractivity contribution is 6.30. The first-order valence-corrected chi connectivity index (χ1v) is 9.03. The van der Waals surface area contributed by atoms with E-state index in [2.05, 4.69) is 5.32 Å². The van der Waals surface area contributed by atoms with Gasteiger partial charge in [0, 0.05) is 23.1 Å². The fourth-order valence-electron chi connectivity index (χ4n) is 2.82. The van der Waals surface area contributed by atoms with Crippen LogP contribution in [0.5, 0.6) is 17.2 Å². The molecule has 1 N–H and O–H groups in total. The molecule has 138 valence electrons. The van der Waals surface area contributed by atoms with E-state index in [1.165, 1.54) is 0 Å². The molecule has 2 aromatic carbocycles. The van der Waals surface area contributed by atoms with Crippen LogP contribution in [0.2, 0.25) is 5.02 Å². The van der Waals surface area contributed by atoms with E-state index in [1.54, 1.807) is 31.2 Å². The van der Waals surface area contributed by atoms with E-state index in [4.69, 9.17) is 25.8 Å². The third kappa shape index (κ3) is 4.22. The molecule has 1 aliphatic rings. The van der Waals surface area contributed by atoms with E-state index in [0.29, 0.717) is 28.8 Å². The minimum absolute atomic E-state index is 0.123. The zero-order chi connectivity index (χ0) is 18.7. The van der Waals surface area contributed by atoms with Crippen LogP contribution in [-0.2, 0) is 11.2 Å². The number of carbonyl (C=O) groups excluding carboxylic acids is 1. The summed E-state index contributed by atoms with van der Waals surface area (Å²) in [6, 6.07) is 10.6. The van der Waals surface area contributed by atoms with Crippen molar-refractivity contribution >= 4 is 23.2 Å². The van der Waals surface area contributed by atoms with Crippen molar-refractivity contribution in [3.05, 3.63) is 47.0 Å².